The van der Waals surface area contributed by atoms with Crippen LogP contribution < -0.4 is 15.4 Å². The van der Waals surface area contributed by atoms with E-state index in [0.29, 0.717) is 36.4 Å². The van der Waals surface area contributed by atoms with E-state index in [1.807, 2.05) is 6.07 Å². The molecule has 0 aromatic heterocycles. The molecule has 1 aliphatic rings. The van der Waals surface area contributed by atoms with E-state index in [1.54, 1.807) is 76.4 Å². The number of nitrogens with one attached hydrogen (secondary N) is 2. The Hall–Kier alpha value is -3.55. The van der Waals surface area contributed by atoms with Crippen molar-refractivity contribution in [3.63, 3.8) is 0 Å². The minimum Gasteiger partial charge on any atom is -0.497 e. The van der Waals surface area contributed by atoms with Crippen molar-refractivity contribution in [2.24, 2.45) is 0 Å². The number of ether oxygens (including phenoxy) is 2. The molecule has 2 aromatic carbocycles. The first kappa shape index (κ1) is 24.1. The van der Waals surface area contributed by atoms with Crippen LogP contribution in [0.25, 0.3) is 0 Å². The number of amides is 3. The highest BCUT2D eigenvalue weighted by Crippen LogP contribution is 2.23. The van der Waals surface area contributed by atoms with Crippen molar-refractivity contribution in [3.05, 3.63) is 60.2 Å². The number of benzene rings is 2. The highest BCUT2D eigenvalue weighted by Gasteiger charge is 2.38. The van der Waals surface area contributed by atoms with Gasteiger partial charge >= 0.3 is 6.09 Å². The van der Waals surface area contributed by atoms with Gasteiger partial charge in [0.25, 0.3) is 5.91 Å². The Balaban J connectivity index is 1.76. The van der Waals surface area contributed by atoms with Crippen LogP contribution in [0.5, 0.6) is 5.75 Å². The molecule has 2 aromatic rings. The van der Waals surface area contributed by atoms with Gasteiger partial charge in [-0.2, -0.15) is 0 Å². The summed E-state index contributed by atoms with van der Waals surface area (Å²) >= 11 is 0. The molecule has 0 bridgehead atoms. The minimum absolute atomic E-state index is 0.387. The van der Waals surface area contributed by atoms with Gasteiger partial charge in [-0.1, -0.05) is 30.3 Å². The monoisotopic (exact) mass is 453 g/mol. The summed E-state index contributed by atoms with van der Waals surface area (Å²) in [5, 5.41) is 5.68. The molecule has 3 amide bonds. The van der Waals surface area contributed by atoms with E-state index in [9.17, 15) is 14.4 Å². The average Bonchev–Trinajstić information content (AvgIpc) is 3.27. The summed E-state index contributed by atoms with van der Waals surface area (Å²) in [5.41, 5.74) is 0.553. The number of rotatable bonds is 6. The van der Waals surface area contributed by atoms with Gasteiger partial charge in [-0.15, -0.1) is 0 Å². The van der Waals surface area contributed by atoms with Crippen molar-refractivity contribution < 1.29 is 23.9 Å². The quantitative estimate of drug-likeness (QED) is 0.692. The van der Waals surface area contributed by atoms with E-state index in [4.69, 9.17) is 9.47 Å². The Bertz CT molecular complexity index is 970. The Labute approximate surface area is 194 Å². The fourth-order valence-corrected chi connectivity index (χ4v) is 3.65. The van der Waals surface area contributed by atoms with Crippen LogP contribution in [0.1, 0.15) is 45.2 Å². The van der Waals surface area contributed by atoms with Crippen LogP contribution in [0.15, 0.2) is 54.6 Å². The van der Waals surface area contributed by atoms with Gasteiger partial charge in [-0.3, -0.25) is 14.5 Å². The zero-order valence-corrected chi connectivity index (χ0v) is 19.5. The van der Waals surface area contributed by atoms with Gasteiger partial charge in [-0.05, 0) is 63.4 Å². The highest BCUT2D eigenvalue weighted by molar-refractivity contribution is 5.99. The summed E-state index contributed by atoms with van der Waals surface area (Å²) < 4.78 is 10.6. The van der Waals surface area contributed by atoms with Crippen molar-refractivity contribution in [2.75, 3.05) is 19.0 Å². The van der Waals surface area contributed by atoms with Crippen molar-refractivity contribution in [2.45, 2.75) is 51.3 Å². The molecule has 1 fully saturated rings. The number of nitrogens with zero attached hydrogens (tertiary/aromatic N) is 1. The second-order valence-corrected chi connectivity index (χ2v) is 8.90. The zero-order valence-electron chi connectivity index (χ0n) is 19.5. The lowest BCUT2D eigenvalue weighted by Crippen LogP contribution is -2.49. The standard InChI is InChI=1S/C25H31N3O5/c1-25(2,3)33-24(31)28-16-8-11-20(28)22(29)27-21(17-9-6-5-7-10-17)23(30)26-18-12-14-19(32-4)15-13-18/h5-7,9-10,12-15,20-21H,8,11,16H2,1-4H3,(H,26,30)(H,27,29). The third-order valence-corrected chi connectivity index (χ3v) is 5.22. The average molecular weight is 454 g/mol. The molecule has 2 unspecified atom stereocenters. The molecule has 8 nitrogen and oxygen atoms in total. The fourth-order valence-electron chi connectivity index (χ4n) is 3.65. The van der Waals surface area contributed by atoms with Gasteiger partial charge in [0.15, 0.2) is 0 Å². The summed E-state index contributed by atoms with van der Waals surface area (Å²) in [4.78, 5) is 40.4. The van der Waals surface area contributed by atoms with E-state index in [1.165, 1.54) is 4.90 Å². The van der Waals surface area contributed by atoms with Gasteiger partial charge < -0.3 is 20.1 Å². The fraction of sp³-hybridized carbons (Fsp3) is 0.400. The molecular weight excluding hydrogens is 422 g/mol. The van der Waals surface area contributed by atoms with Gasteiger partial charge in [0, 0.05) is 12.2 Å². The first-order valence-corrected chi connectivity index (χ1v) is 11.0. The maximum absolute atomic E-state index is 13.2. The Morgan fingerprint density at radius 3 is 2.30 bits per heavy atom. The summed E-state index contributed by atoms with van der Waals surface area (Å²) in [5.74, 6) is -0.108. The first-order valence-electron chi connectivity index (χ1n) is 11.0. The molecule has 0 saturated carbocycles. The minimum atomic E-state index is -0.929. The van der Waals surface area contributed by atoms with E-state index in [-0.39, 0.29) is 5.91 Å². The number of hydrogen-bond donors (Lipinski definition) is 2. The lowest BCUT2D eigenvalue weighted by molar-refractivity contribution is -0.129. The highest BCUT2D eigenvalue weighted by atomic mass is 16.6. The SMILES string of the molecule is COc1ccc(NC(=O)C(NC(=O)C2CCCN2C(=O)OC(C)(C)C)c2ccccc2)cc1. The van der Waals surface area contributed by atoms with Crippen LogP contribution in [0, 0.1) is 0 Å². The van der Waals surface area contributed by atoms with E-state index < -0.39 is 29.7 Å². The van der Waals surface area contributed by atoms with Crippen LogP contribution in [0.4, 0.5) is 10.5 Å². The molecule has 0 spiro atoms. The molecule has 0 aliphatic carbocycles. The van der Waals surface area contributed by atoms with Gasteiger partial charge in [0.05, 0.1) is 7.11 Å². The lowest BCUT2D eigenvalue weighted by atomic mass is 10.0. The molecule has 2 N–H and O–H groups in total. The van der Waals surface area contributed by atoms with Crippen LogP contribution >= 0.6 is 0 Å². The summed E-state index contributed by atoms with van der Waals surface area (Å²) in [6, 6.07) is 14.3. The van der Waals surface area contributed by atoms with Crippen molar-refractivity contribution in [1.29, 1.82) is 0 Å². The zero-order chi connectivity index (χ0) is 24.0. The molecule has 1 saturated heterocycles. The molecule has 1 aliphatic heterocycles. The molecule has 3 rings (SSSR count). The first-order chi connectivity index (χ1) is 15.7. The predicted octanol–water partition coefficient (Wildman–Crippen LogP) is 3.89. The Morgan fingerprint density at radius 2 is 1.70 bits per heavy atom. The predicted molar refractivity (Wildman–Crippen MR) is 125 cm³/mol. The summed E-state index contributed by atoms with van der Waals surface area (Å²) in [6.07, 6.45) is 0.664. The number of methoxy groups -OCH3 is 1. The molecule has 33 heavy (non-hydrogen) atoms. The maximum Gasteiger partial charge on any atom is 0.410 e. The Kier molecular flexibility index (Phi) is 7.58. The van der Waals surface area contributed by atoms with E-state index >= 15 is 0 Å². The van der Waals surface area contributed by atoms with Crippen molar-refractivity contribution >= 4 is 23.6 Å². The third-order valence-electron chi connectivity index (χ3n) is 5.22. The molecule has 2 atom stereocenters. The third kappa shape index (κ3) is 6.47. The van der Waals surface area contributed by atoms with Gasteiger partial charge in [0.2, 0.25) is 5.91 Å². The summed E-state index contributed by atoms with van der Waals surface area (Å²) in [7, 11) is 1.57. The maximum atomic E-state index is 13.2. The van der Waals surface area contributed by atoms with E-state index in [0.717, 1.165) is 0 Å². The molecule has 176 valence electrons. The van der Waals surface area contributed by atoms with Crippen LogP contribution in [-0.2, 0) is 14.3 Å². The second kappa shape index (κ2) is 10.4. The Morgan fingerprint density at radius 1 is 1.03 bits per heavy atom. The normalized spacial score (nSPS) is 16.6. The largest absolute Gasteiger partial charge is 0.497 e. The molecule has 0 radical (unpaired) electrons. The topological polar surface area (TPSA) is 97.0 Å². The molecule has 1 heterocycles. The van der Waals surface area contributed by atoms with Crippen molar-refractivity contribution in [1.82, 2.24) is 10.2 Å². The number of likely N-dealkylation sites (tertiary alicyclic amines) is 1. The number of hydrogen-bond acceptors (Lipinski definition) is 5. The molecular formula is C25H31N3O5. The smallest absolute Gasteiger partial charge is 0.410 e. The van der Waals surface area contributed by atoms with Gasteiger partial charge in [0.1, 0.15) is 23.4 Å². The second-order valence-electron chi connectivity index (χ2n) is 8.90. The van der Waals surface area contributed by atoms with E-state index in [2.05, 4.69) is 10.6 Å². The number of anilines is 1. The number of carbonyl (C=O) groups is 3. The van der Waals surface area contributed by atoms with Crippen LogP contribution in [-0.4, -0.2) is 48.1 Å². The lowest BCUT2D eigenvalue weighted by Gasteiger charge is -2.29. The van der Waals surface area contributed by atoms with Crippen LogP contribution in [0.3, 0.4) is 0 Å². The van der Waals surface area contributed by atoms with Crippen LogP contribution in [0.2, 0.25) is 0 Å². The molecule has 8 heteroatoms. The summed E-state index contributed by atoms with van der Waals surface area (Å²) in [6.45, 7) is 5.78. The number of carbonyl (C=O) groups excluding carboxylic acids is 3. The van der Waals surface area contributed by atoms with Gasteiger partial charge in [-0.25, -0.2) is 4.79 Å². The van der Waals surface area contributed by atoms with Crippen molar-refractivity contribution in [3.8, 4) is 5.75 Å².